The van der Waals surface area contributed by atoms with Crippen LogP contribution in [0, 0.1) is 6.92 Å². The number of H-pyrrole nitrogens is 1. The molecule has 0 spiro atoms. The third-order valence-electron chi connectivity index (χ3n) is 4.58. The maximum absolute atomic E-state index is 12.2. The Bertz CT molecular complexity index is 1400. The molecule has 5 aromatic rings. The molecular formula is C19H15N5O2S2. The molecule has 0 aliphatic carbocycles. The van der Waals surface area contributed by atoms with E-state index in [9.17, 15) is 4.79 Å². The van der Waals surface area contributed by atoms with Gasteiger partial charge in [-0.05, 0) is 42.1 Å². The van der Waals surface area contributed by atoms with Gasteiger partial charge in [-0.25, -0.2) is 4.98 Å². The van der Waals surface area contributed by atoms with E-state index in [2.05, 4.69) is 27.1 Å². The van der Waals surface area contributed by atoms with E-state index >= 15 is 0 Å². The number of ether oxygens (including phenoxy) is 1. The zero-order chi connectivity index (χ0) is 19.3. The van der Waals surface area contributed by atoms with Crippen molar-refractivity contribution in [2.24, 2.45) is 0 Å². The van der Waals surface area contributed by atoms with E-state index < -0.39 is 0 Å². The number of benzene rings is 1. The van der Waals surface area contributed by atoms with Crippen LogP contribution in [-0.4, -0.2) is 31.7 Å². The third-order valence-corrected chi connectivity index (χ3v) is 6.42. The summed E-state index contributed by atoms with van der Waals surface area (Å²) in [7, 11) is 1.65. The Hall–Kier alpha value is -2.91. The van der Waals surface area contributed by atoms with Gasteiger partial charge >= 0.3 is 0 Å². The van der Waals surface area contributed by atoms with Crippen molar-refractivity contribution in [1.29, 1.82) is 0 Å². The second-order valence-electron chi connectivity index (χ2n) is 6.32. The quantitative estimate of drug-likeness (QED) is 0.455. The number of fused-ring (bicyclic) bond motifs is 4. The summed E-state index contributed by atoms with van der Waals surface area (Å²) in [5.74, 6) is 1.88. The van der Waals surface area contributed by atoms with E-state index in [-0.39, 0.29) is 5.56 Å². The Morgan fingerprint density at radius 3 is 3.00 bits per heavy atom. The molecule has 0 atom stereocenters. The zero-order valence-corrected chi connectivity index (χ0v) is 16.7. The number of aromatic amines is 1. The molecular weight excluding hydrogens is 394 g/mol. The number of methoxy groups -OCH3 is 1. The number of pyridine rings is 1. The fourth-order valence-corrected chi connectivity index (χ4v) is 4.79. The van der Waals surface area contributed by atoms with Gasteiger partial charge in [-0.2, -0.15) is 0 Å². The average molecular weight is 409 g/mol. The van der Waals surface area contributed by atoms with E-state index in [0.29, 0.717) is 16.3 Å². The summed E-state index contributed by atoms with van der Waals surface area (Å²) in [5.41, 5.74) is 3.50. The van der Waals surface area contributed by atoms with Gasteiger partial charge in [0.05, 0.1) is 23.9 Å². The van der Waals surface area contributed by atoms with Gasteiger partial charge < -0.3 is 9.72 Å². The second kappa shape index (κ2) is 6.61. The van der Waals surface area contributed by atoms with E-state index in [0.717, 1.165) is 38.5 Å². The second-order valence-corrected chi connectivity index (χ2v) is 8.18. The number of rotatable bonds is 4. The Morgan fingerprint density at radius 2 is 2.14 bits per heavy atom. The number of aryl methyl sites for hydroxylation is 1. The van der Waals surface area contributed by atoms with Crippen LogP contribution in [0.4, 0.5) is 0 Å². The van der Waals surface area contributed by atoms with Crippen LogP contribution in [0.3, 0.4) is 0 Å². The molecule has 0 fully saturated rings. The molecule has 0 saturated heterocycles. The van der Waals surface area contributed by atoms with Gasteiger partial charge in [0, 0.05) is 11.5 Å². The molecule has 0 unspecified atom stereocenters. The molecule has 4 aromatic heterocycles. The fraction of sp³-hybridized carbons (Fsp3) is 0.158. The third kappa shape index (κ3) is 2.74. The lowest BCUT2D eigenvalue weighted by Crippen LogP contribution is -2.09. The lowest BCUT2D eigenvalue weighted by molar-refractivity contribution is 0.415. The van der Waals surface area contributed by atoms with Crippen molar-refractivity contribution in [2.45, 2.75) is 17.8 Å². The van der Waals surface area contributed by atoms with E-state index in [1.807, 2.05) is 40.1 Å². The highest BCUT2D eigenvalue weighted by molar-refractivity contribution is 7.98. The highest BCUT2D eigenvalue weighted by Gasteiger charge is 2.14. The van der Waals surface area contributed by atoms with Crippen molar-refractivity contribution in [2.75, 3.05) is 7.11 Å². The molecule has 1 N–H and O–H groups in total. The normalized spacial score (nSPS) is 11.6. The van der Waals surface area contributed by atoms with Crippen LogP contribution in [0.15, 0.2) is 45.7 Å². The van der Waals surface area contributed by atoms with Crippen LogP contribution in [-0.2, 0) is 5.75 Å². The summed E-state index contributed by atoms with van der Waals surface area (Å²) in [6.07, 6.45) is 0. The molecule has 5 rings (SSSR count). The standard InChI is InChI=1S/C19H15N5O2S2/c1-10-7-16-22-23-19(24(16)14-8-11(26-2)3-4-12(10)14)28-9-15-20-13-5-6-27-17(13)18(25)21-15/h3-8H,9H2,1-2H3,(H,20,21,25). The van der Waals surface area contributed by atoms with Gasteiger partial charge in [-0.3, -0.25) is 9.20 Å². The molecule has 0 aliphatic rings. The highest BCUT2D eigenvalue weighted by Crippen LogP contribution is 2.29. The molecule has 9 heteroatoms. The van der Waals surface area contributed by atoms with Crippen molar-refractivity contribution in [1.82, 2.24) is 24.6 Å². The smallest absolute Gasteiger partial charge is 0.268 e. The van der Waals surface area contributed by atoms with E-state index in [1.54, 1.807) is 7.11 Å². The maximum Gasteiger partial charge on any atom is 0.268 e. The molecule has 7 nitrogen and oxygen atoms in total. The van der Waals surface area contributed by atoms with Crippen molar-refractivity contribution in [3.05, 3.63) is 57.5 Å². The first-order chi connectivity index (χ1) is 13.6. The van der Waals surface area contributed by atoms with Crippen LogP contribution in [0.5, 0.6) is 5.75 Å². The lowest BCUT2D eigenvalue weighted by atomic mass is 10.1. The largest absolute Gasteiger partial charge is 0.497 e. The van der Waals surface area contributed by atoms with Gasteiger partial charge in [0.15, 0.2) is 10.8 Å². The van der Waals surface area contributed by atoms with Gasteiger partial charge in [-0.1, -0.05) is 11.8 Å². The predicted molar refractivity (Wildman–Crippen MR) is 112 cm³/mol. The SMILES string of the molecule is COc1ccc2c(C)cc3nnc(SCc4nc5ccsc5c(=O)[nH]4)n3c2c1. The topological polar surface area (TPSA) is 85.2 Å². The summed E-state index contributed by atoms with van der Waals surface area (Å²) in [6.45, 7) is 2.06. The molecule has 28 heavy (non-hydrogen) atoms. The Kier molecular flexibility index (Phi) is 4.06. The van der Waals surface area contributed by atoms with Crippen molar-refractivity contribution < 1.29 is 4.74 Å². The first kappa shape index (κ1) is 17.2. The number of nitrogens with one attached hydrogen (secondary N) is 1. The summed E-state index contributed by atoms with van der Waals surface area (Å²) >= 11 is 2.88. The molecule has 0 bridgehead atoms. The molecule has 0 radical (unpaired) electrons. The minimum absolute atomic E-state index is 0.104. The van der Waals surface area contributed by atoms with E-state index in [1.165, 1.54) is 23.1 Å². The number of aromatic nitrogens is 5. The van der Waals surface area contributed by atoms with Crippen LogP contribution < -0.4 is 10.3 Å². The van der Waals surface area contributed by atoms with E-state index in [4.69, 9.17) is 4.74 Å². The summed E-state index contributed by atoms with van der Waals surface area (Å²) in [4.78, 5) is 19.6. The van der Waals surface area contributed by atoms with Crippen LogP contribution >= 0.6 is 23.1 Å². The first-order valence-electron chi connectivity index (χ1n) is 8.56. The monoisotopic (exact) mass is 409 g/mol. The summed E-state index contributed by atoms with van der Waals surface area (Å²) < 4.78 is 8.05. The lowest BCUT2D eigenvalue weighted by Gasteiger charge is -2.09. The van der Waals surface area contributed by atoms with Crippen LogP contribution in [0.2, 0.25) is 0 Å². The minimum atomic E-state index is -0.104. The van der Waals surface area contributed by atoms with Crippen LogP contribution in [0.25, 0.3) is 26.8 Å². The zero-order valence-electron chi connectivity index (χ0n) is 15.1. The number of hydrogen-bond acceptors (Lipinski definition) is 7. The highest BCUT2D eigenvalue weighted by atomic mass is 32.2. The number of thiophene rings is 1. The number of hydrogen-bond donors (Lipinski definition) is 1. The summed E-state index contributed by atoms with van der Waals surface area (Å²) in [6, 6.07) is 9.85. The van der Waals surface area contributed by atoms with Crippen molar-refractivity contribution in [3.8, 4) is 5.75 Å². The molecule has 0 saturated carbocycles. The number of thioether (sulfide) groups is 1. The van der Waals surface area contributed by atoms with Gasteiger partial charge in [-0.15, -0.1) is 21.5 Å². The van der Waals surface area contributed by atoms with Gasteiger partial charge in [0.25, 0.3) is 5.56 Å². The summed E-state index contributed by atoms with van der Waals surface area (Å²) in [5, 5.41) is 12.4. The Labute approximate surface area is 167 Å². The van der Waals surface area contributed by atoms with Gasteiger partial charge in [0.2, 0.25) is 0 Å². The van der Waals surface area contributed by atoms with Crippen molar-refractivity contribution >= 4 is 49.9 Å². The first-order valence-corrected chi connectivity index (χ1v) is 10.4. The van der Waals surface area contributed by atoms with Crippen molar-refractivity contribution in [3.63, 3.8) is 0 Å². The molecule has 4 heterocycles. The number of nitrogens with zero attached hydrogens (tertiary/aromatic N) is 4. The predicted octanol–water partition coefficient (Wildman–Crippen LogP) is 3.79. The Morgan fingerprint density at radius 1 is 1.25 bits per heavy atom. The molecule has 0 amide bonds. The molecule has 140 valence electrons. The fourth-order valence-electron chi connectivity index (χ4n) is 3.25. The minimum Gasteiger partial charge on any atom is -0.497 e. The van der Waals surface area contributed by atoms with Crippen LogP contribution in [0.1, 0.15) is 11.4 Å². The maximum atomic E-state index is 12.2. The molecule has 1 aromatic carbocycles. The Balaban J connectivity index is 1.58. The molecule has 0 aliphatic heterocycles. The van der Waals surface area contributed by atoms with Gasteiger partial charge in [0.1, 0.15) is 16.3 Å². The average Bonchev–Trinajstić information content (AvgIpc) is 3.33.